The Morgan fingerprint density at radius 2 is 1.69 bits per heavy atom. The lowest BCUT2D eigenvalue weighted by molar-refractivity contribution is 0.381. The van der Waals surface area contributed by atoms with Gasteiger partial charge < -0.3 is 11.1 Å². The van der Waals surface area contributed by atoms with Crippen LogP contribution in [0.1, 0.15) is 57.8 Å². The summed E-state index contributed by atoms with van der Waals surface area (Å²) in [6, 6.07) is 0.609. The molecule has 0 aliphatic heterocycles. The molecular formula is C13H25N3. The Labute approximate surface area is 98.9 Å². The van der Waals surface area contributed by atoms with Crippen molar-refractivity contribution in [2.45, 2.75) is 63.8 Å². The zero-order valence-corrected chi connectivity index (χ0v) is 10.3. The molecule has 16 heavy (non-hydrogen) atoms. The Hall–Kier alpha value is -0.730. The molecule has 3 nitrogen and oxygen atoms in total. The van der Waals surface area contributed by atoms with Crippen LogP contribution >= 0.6 is 0 Å². The molecule has 0 aromatic rings. The van der Waals surface area contributed by atoms with Gasteiger partial charge in [0, 0.05) is 12.6 Å². The number of nitrogens with zero attached hydrogens (tertiary/aromatic N) is 1. The number of rotatable bonds is 3. The highest BCUT2D eigenvalue weighted by Gasteiger charge is 2.17. The highest BCUT2D eigenvalue weighted by molar-refractivity contribution is 5.78. The van der Waals surface area contributed by atoms with Crippen molar-refractivity contribution in [3.63, 3.8) is 0 Å². The van der Waals surface area contributed by atoms with Crippen LogP contribution in [-0.4, -0.2) is 18.5 Å². The summed E-state index contributed by atoms with van der Waals surface area (Å²) in [4.78, 5) is 4.49. The number of guanidine groups is 1. The third kappa shape index (κ3) is 3.69. The van der Waals surface area contributed by atoms with E-state index in [4.69, 9.17) is 5.73 Å². The topological polar surface area (TPSA) is 50.4 Å². The zero-order chi connectivity index (χ0) is 11.2. The molecular weight excluding hydrogens is 198 g/mol. The van der Waals surface area contributed by atoms with E-state index in [0.29, 0.717) is 12.0 Å². The van der Waals surface area contributed by atoms with E-state index in [9.17, 15) is 0 Å². The minimum Gasteiger partial charge on any atom is -0.370 e. The summed E-state index contributed by atoms with van der Waals surface area (Å²) < 4.78 is 0. The summed E-state index contributed by atoms with van der Waals surface area (Å²) in [5.41, 5.74) is 5.88. The Morgan fingerprint density at radius 3 is 2.25 bits per heavy atom. The smallest absolute Gasteiger partial charge is 0.188 e. The van der Waals surface area contributed by atoms with Gasteiger partial charge in [0.1, 0.15) is 0 Å². The van der Waals surface area contributed by atoms with Gasteiger partial charge in [0.2, 0.25) is 0 Å². The van der Waals surface area contributed by atoms with Crippen LogP contribution in [0.2, 0.25) is 0 Å². The van der Waals surface area contributed by atoms with E-state index in [1.807, 2.05) is 0 Å². The molecule has 92 valence electrons. The molecule has 3 heteroatoms. The minimum absolute atomic E-state index is 0.609. The van der Waals surface area contributed by atoms with Crippen LogP contribution in [0.15, 0.2) is 4.99 Å². The number of hydrogen-bond acceptors (Lipinski definition) is 1. The van der Waals surface area contributed by atoms with Gasteiger partial charge in [0.05, 0.1) is 0 Å². The van der Waals surface area contributed by atoms with Crippen LogP contribution in [0.25, 0.3) is 0 Å². The van der Waals surface area contributed by atoms with Gasteiger partial charge in [-0.05, 0) is 38.0 Å². The average Bonchev–Trinajstić information content (AvgIpc) is 2.49. The van der Waals surface area contributed by atoms with Gasteiger partial charge in [0.15, 0.2) is 5.96 Å². The predicted octanol–water partition coefficient (Wildman–Crippen LogP) is 2.41. The second kappa shape index (κ2) is 6.12. The monoisotopic (exact) mass is 223 g/mol. The maximum Gasteiger partial charge on any atom is 0.188 e. The standard InChI is InChI=1S/C13H25N3/c14-13(16-12-8-5-9-12)15-10-11-6-3-1-2-4-7-11/h11-12H,1-10H2,(H3,14,15,16). The van der Waals surface area contributed by atoms with Crippen molar-refractivity contribution in [1.29, 1.82) is 0 Å². The van der Waals surface area contributed by atoms with Crippen molar-refractivity contribution in [1.82, 2.24) is 5.32 Å². The van der Waals surface area contributed by atoms with Crippen molar-refractivity contribution in [3.05, 3.63) is 0 Å². The van der Waals surface area contributed by atoms with E-state index in [1.54, 1.807) is 0 Å². The Bertz CT molecular complexity index is 225. The third-order valence-corrected chi connectivity index (χ3v) is 3.95. The fraction of sp³-hybridized carbons (Fsp3) is 0.923. The lowest BCUT2D eigenvalue weighted by Crippen LogP contribution is -2.43. The number of nitrogens with two attached hydrogens (primary N) is 1. The normalized spacial score (nSPS) is 24.9. The molecule has 0 saturated heterocycles. The molecule has 2 aliphatic rings. The molecule has 0 radical (unpaired) electrons. The van der Waals surface area contributed by atoms with Gasteiger partial charge >= 0.3 is 0 Å². The van der Waals surface area contributed by atoms with Crippen molar-refractivity contribution < 1.29 is 0 Å². The molecule has 2 fully saturated rings. The molecule has 0 spiro atoms. The maximum atomic E-state index is 5.88. The lowest BCUT2D eigenvalue weighted by Gasteiger charge is -2.26. The van der Waals surface area contributed by atoms with Gasteiger partial charge in [-0.25, -0.2) is 0 Å². The van der Waals surface area contributed by atoms with Gasteiger partial charge in [0.25, 0.3) is 0 Å². The molecule has 0 aromatic heterocycles. The first kappa shape index (κ1) is 11.7. The molecule has 2 aliphatic carbocycles. The highest BCUT2D eigenvalue weighted by atomic mass is 15.1. The first-order valence-electron chi connectivity index (χ1n) is 6.91. The van der Waals surface area contributed by atoms with E-state index in [1.165, 1.54) is 57.8 Å². The molecule has 0 bridgehead atoms. The second-order valence-electron chi connectivity index (χ2n) is 5.36. The Kier molecular flexibility index (Phi) is 4.49. The van der Waals surface area contributed by atoms with Gasteiger partial charge in [-0.1, -0.05) is 25.7 Å². The Balaban J connectivity index is 1.68. The van der Waals surface area contributed by atoms with Crippen LogP contribution in [0, 0.1) is 5.92 Å². The van der Waals surface area contributed by atoms with E-state index >= 15 is 0 Å². The van der Waals surface area contributed by atoms with E-state index in [0.717, 1.165) is 12.5 Å². The number of aliphatic imine (C=N–C) groups is 1. The zero-order valence-electron chi connectivity index (χ0n) is 10.3. The van der Waals surface area contributed by atoms with Crippen LogP contribution in [0.5, 0.6) is 0 Å². The van der Waals surface area contributed by atoms with Gasteiger partial charge in [-0.2, -0.15) is 0 Å². The van der Waals surface area contributed by atoms with Crippen LogP contribution < -0.4 is 11.1 Å². The highest BCUT2D eigenvalue weighted by Crippen LogP contribution is 2.23. The van der Waals surface area contributed by atoms with E-state index < -0.39 is 0 Å². The molecule has 0 heterocycles. The average molecular weight is 223 g/mol. The van der Waals surface area contributed by atoms with Crippen LogP contribution in [-0.2, 0) is 0 Å². The molecule has 0 aromatic carbocycles. The molecule has 3 N–H and O–H groups in total. The summed E-state index contributed by atoms with van der Waals surface area (Å²) in [6.07, 6.45) is 12.2. The first-order valence-corrected chi connectivity index (χ1v) is 6.91. The van der Waals surface area contributed by atoms with Crippen molar-refractivity contribution in [2.24, 2.45) is 16.6 Å². The number of hydrogen-bond donors (Lipinski definition) is 2. The first-order chi connectivity index (χ1) is 7.84. The molecule has 0 atom stereocenters. The molecule has 2 saturated carbocycles. The third-order valence-electron chi connectivity index (χ3n) is 3.95. The summed E-state index contributed by atoms with van der Waals surface area (Å²) in [5, 5.41) is 3.30. The fourth-order valence-electron chi connectivity index (χ4n) is 2.58. The summed E-state index contributed by atoms with van der Waals surface area (Å²) >= 11 is 0. The fourth-order valence-corrected chi connectivity index (χ4v) is 2.58. The number of nitrogens with one attached hydrogen (secondary N) is 1. The van der Waals surface area contributed by atoms with Crippen LogP contribution in [0.4, 0.5) is 0 Å². The van der Waals surface area contributed by atoms with Gasteiger partial charge in [-0.3, -0.25) is 4.99 Å². The molecule has 2 rings (SSSR count). The van der Waals surface area contributed by atoms with E-state index in [-0.39, 0.29) is 0 Å². The predicted molar refractivity (Wildman–Crippen MR) is 68.5 cm³/mol. The van der Waals surface area contributed by atoms with Crippen molar-refractivity contribution >= 4 is 5.96 Å². The largest absolute Gasteiger partial charge is 0.370 e. The van der Waals surface area contributed by atoms with E-state index in [2.05, 4.69) is 10.3 Å². The lowest BCUT2D eigenvalue weighted by atomic mass is 9.93. The quantitative estimate of drug-likeness (QED) is 0.438. The van der Waals surface area contributed by atoms with Crippen LogP contribution in [0.3, 0.4) is 0 Å². The SMILES string of the molecule is NC(=NCC1CCCCCC1)NC1CCC1. The molecule has 0 amide bonds. The summed E-state index contributed by atoms with van der Waals surface area (Å²) in [5.74, 6) is 1.46. The summed E-state index contributed by atoms with van der Waals surface area (Å²) in [7, 11) is 0. The van der Waals surface area contributed by atoms with Crippen molar-refractivity contribution in [2.75, 3.05) is 6.54 Å². The Morgan fingerprint density at radius 1 is 1.00 bits per heavy atom. The summed E-state index contributed by atoms with van der Waals surface area (Å²) in [6.45, 7) is 0.936. The minimum atomic E-state index is 0.609. The molecule has 0 unspecified atom stereocenters. The maximum absolute atomic E-state index is 5.88. The van der Waals surface area contributed by atoms with Gasteiger partial charge in [-0.15, -0.1) is 0 Å². The van der Waals surface area contributed by atoms with Crippen molar-refractivity contribution in [3.8, 4) is 0 Å². The second-order valence-corrected chi connectivity index (χ2v) is 5.36.